The van der Waals surface area contributed by atoms with Crippen molar-refractivity contribution in [1.82, 2.24) is 28.8 Å². The van der Waals surface area contributed by atoms with E-state index in [0.717, 1.165) is 46.9 Å². The Hall–Kier alpha value is -3.26. The van der Waals surface area contributed by atoms with Gasteiger partial charge in [-0.2, -0.15) is 5.10 Å². The summed E-state index contributed by atoms with van der Waals surface area (Å²) in [6, 6.07) is 12.2. The number of amides is 1. The molecule has 152 valence electrons. The smallest absolute Gasteiger partial charge is 0.268 e. The van der Waals surface area contributed by atoms with Gasteiger partial charge in [0.2, 0.25) is 0 Å². The first-order chi connectivity index (χ1) is 14.7. The molecular formula is C22H22N6OS. The normalized spacial score (nSPS) is 13.1. The third-order valence-electron chi connectivity index (χ3n) is 5.45. The molecule has 30 heavy (non-hydrogen) atoms. The minimum Gasteiger partial charge on any atom is -0.327 e. The first-order valence-corrected chi connectivity index (χ1v) is 10.8. The summed E-state index contributed by atoms with van der Waals surface area (Å²) in [5.74, 6) is 0.975. The highest BCUT2D eigenvalue weighted by atomic mass is 32.1. The molecule has 1 aromatic carbocycles. The molecular weight excluding hydrogens is 396 g/mol. The molecule has 1 aliphatic heterocycles. The lowest BCUT2D eigenvalue weighted by Gasteiger charge is -2.17. The fourth-order valence-corrected chi connectivity index (χ4v) is 4.65. The Morgan fingerprint density at radius 2 is 1.93 bits per heavy atom. The Bertz CT molecular complexity index is 1210. The standard InChI is InChI=1S/C22H22N6OS/c1-3-8-17-20(30-25-23-17)22(29)27-13-16-18(14-27)24-28(19-10-5-4-9-15(19)2)21(16)26-11-6-7-12-26/h4-7,9-12H,3,8,13-14H2,1-2H3. The summed E-state index contributed by atoms with van der Waals surface area (Å²) in [7, 11) is 0. The van der Waals surface area contributed by atoms with Crippen LogP contribution >= 0.6 is 11.5 Å². The number of nitrogens with zero attached hydrogens (tertiary/aromatic N) is 6. The van der Waals surface area contributed by atoms with Crippen molar-refractivity contribution in [3.8, 4) is 11.5 Å². The second-order valence-corrected chi connectivity index (χ2v) is 8.25. The van der Waals surface area contributed by atoms with Crippen LogP contribution in [-0.2, 0) is 19.5 Å². The second-order valence-electron chi connectivity index (χ2n) is 7.50. The molecule has 0 aliphatic carbocycles. The summed E-state index contributed by atoms with van der Waals surface area (Å²) >= 11 is 1.19. The first-order valence-electron chi connectivity index (χ1n) is 10.1. The second kappa shape index (κ2) is 7.53. The summed E-state index contributed by atoms with van der Waals surface area (Å²) in [5.41, 5.74) is 5.01. The number of aryl methyl sites for hydroxylation is 2. The Balaban J connectivity index is 1.54. The van der Waals surface area contributed by atoms with Crippen LogP contribution in [0.4, 0.5) is 0 Å². The molecule has 0 unspecified atom stereocenters. The van der Waals surface area contributed by atoms with Crippen LogP contribution in [0.5, 0.6) is 0 Å². The van der Waals surface area contributed by atoms with Crippen LogP contribution in [-0.4, -0.2) is 34.7 Å². The van der Waals surface area contributed by atoms with E-state index in [9.17, 15) is 4.79 Å². The summed E-state index contributed by atoms with van der Waals surface area (Å²) in [5, 5.41) is 9.08. The van der Waals surface area contributed by atoms with Crippen LogP contribution in [0.25, 0.3) is 11.5 Å². The number of carbonyl (C=O) groups excluding carboxylic acids is 1. The quantitative estimate of drug-likeness (QED) is 0.492. The number of hydrogen-bond acceptors (Lipinski definition) is 5. The number of hydrogen-bond donors (Lipinski definition) is 0. The van der Waals surface area contributed by atoms with Gasteiger partial charge >= 0.3 is 0 Å². The Morgan fingerprint density at radius 3 is 2.70 bits per heavy atom. The highest BCUT2D eigenvalue weighted by Gasteiger charge is 2.33. The third-order valence-corrected chi connectivity index (χ3v) is 6.20. The summed E-state index contributed by atoms with van der Waals surface area (Å²) in [6.07, 6.45) is 5.74. The number of carbonyl (C=O) groups is 1. The van der Waals surface area contributed by atoms with Gasteiger partial charge in [-0.25, -0.2) is 4.68 Å². The molecule has 4 aromatic rings. The van der Waals surface area contributed by atoms with Gasteiger partial charge in [0, 0.05) is 18.0 Å². The van der Waals surface area contributed by atoms with Crippen LogP contribution in [0, 0.1) is 6.92 Å². The van der Waals surface area contributed by atoms with E-state index in [-0.39, 0.29) is 5.91 Å². The van der Waals surface area contributed by atoms with Crippen LogP contribution in [0.2, 0.25) is 0 Å². The van der Waals surface area contributed by atoms with E-state index < -0.39 is 0 Å². The predicted octanol–water partition coefficient (Wildman–Crippen LogP) is 3.93. The van der Waals surface area contributed by atoms with Gasteiger partial charge in [-0.1, -0.05) is 36.0 Å². The minimum atomic E-state index is -0.00709. The number of fused-ring (bicyclic) bond motifs is 1. The van der Waals surface area contributed by atoms with Crippen molar-refractivity contribution in [2.24, 2.45) is 0 Å². The van der Waals surface area contributed by atoms with Gasteiger partial charge in [-0.15, -0.1) is 5.10 Å². The molecule has 0 N–H and O–H groups in total. The summed E-state index contributed by atoms with van der Waals surface area (Å²) in [6.45, 7) is 5.18. The third kappa shape index (κ3) is 3.04. The molecule has 0 bridgehead atoms. The van der Waals surface area contributed by atoms with Crippen molar-refractivity contribution < 1.29 is 4.79 Å². The van der Waals surface area contributed by atoms with Crippen LogP contribution in [0.15, 0.2) is 48.8 Å². The Morgan fingerprint density at radius 1 is 1.13 bits per heavy atom. The van der Waals surface area contributed by atoms with Gasteiger partial charge in [-0.3, -0.25) is 4.79 Å². The van der Waals surface area contributed by atoms with Crippen molar-refractivity contribution in [3.63, 3.8) is 0 Å². The first kappa shape index (κ1) is 18.7. The maximum absolute atomic E-state index is 13.2. The molecule has 1 aliphatic rings. The largest absolute Gasteiger partial charge is 0.327 e. The highest BCUT2D eigenvalue weighted by Crippen LogP contribution is 2.32. The average Bonchev–Trinajstić information content (AvgIpc) is 3.51. The number of benzene rings is 1. The van der Waals surface area contributed by atoms with E-state index in [1.54, 1.807) is 0 Å². The van der Waals surface area contributed by atoms with Crippen molar-refractivity contribution in [1.29, 1.82) is 0 Å². The maximum Gasteiger partial charge on any atom is 0.268 e. The zero-order valence-corrected chi connectivity index (χ0v) is 17.8. The predicted molar refractivity (Wildman–Crippen MR) is 115 cm³/mol. The number of rotatable bonds is 5. The number of aromatic nitrogens is 5. The minimum absolute atomic E-state index is 0.00709. The van der Waals surface area contributed by atoms with Crippen LogP contribution in [0.1, 0.15) is 45.5 Å². The fraction of sp³-hybridized carbons (Fsp3) is 0.273. The van der Waals surface area contributed by atoms with Crippen LogP contribution in [0.3, 0.4) is 0 Å². The van der Waals surface area contributed by atoms with E-state index in [1.165, 1.54) is 11.5 Å². The summed E-state index contributed by atoms with van der Waals surface area (Å²) in [4.78, 5) is 15.7. The highest BCUT2D eigenvalue weighted by molar-refractivity contribution is 7.08. The van der Waals surface area contributed by atoms with Gasteiger partial charge in [-0.05, 0) is 48.6 Å². The molecule has 7 nitrogen and oxygen atoms in total. The molecule has 0 saturated heterocycles. The molecule has 8 heteroatoms. The van der Waals surface area contributed by atoms with Gasteiger partial charge in [0.25, 0.3) is 5.91 Å². The lowest BCUT2D eigenvalue weighted by atomic mass is 10.2. The van der Waals surface area contributed by atoms with Crippen LogP contribution < -0.4 is 0 Å². The molecule has 5 rings (SSSR count). The molecule has 0 fully saturated rings. The monoisotopic (exact) mass is 418 g/mol. The maximum atomic E-state index is 13.2. The number of para-hydroxylation sites is 1. The van der Waals surface area contributed by atoms with E-state index in [1.807, 2.05) is 46.2 Å². The van der Waals surface area contributed by atoms with Gasteiger partial charge in [0.1, 0.15) is 10.7 Å². The zero-order valence-electron chi connectivity index (χ0n) is 16.9. The Labute approximate surface area is 178 Å². The molecule has 0 spiro atoms. The molecule has 0 saturated carbocycles. The molecule has 1 amide bonds. The molecule has 0 radical (unpaired) electrons. The van der Waals surface area contributed by atoms with E-state index >= 15 is 0 Å². The molecule has 4 heterocycles. The van der Waals surface area contributed by atoms with E-state index in [4.69, 9.17) is 5.10 Å². The van der Waals surface area contributed by atoms with Gasteiger partial charge in [0.15, 0.2) is 0 Å². The zero-order chi connectivity index (χ0) is 20.7. The lowest BCUT2D eigenvalue weighted by Crippen LogP contribution is -2.26. The average molecular weight is 419 g/mol. The van der Waals surface area contributed by atoms with Crippen molar-refractivity contribution in [2.75, 3.05) is 0 Å². The van der Waals surface area contributed by atoms with Gasteiger partial charge in [0.05, 0.1) is 30.2 Å². The van der Waals surface area contributed by atoms with Gasteiger partial charge < -0.3 is 9.47 Å². The molecule has 0 atom stereocenters. The fourth-order valence-electron chi connectivity index (χ4n) is 3.97. The lowest BCUT2D eigenvalue weighted by molar-refractivity contribution is 0.0752. The summed E-state index contributed by atoms with van der Waals surface area (Å²) < 4.78 is 8.08. The van der Waals surface area contributed by atoms with E-state index in [2.05, 4.69) is 40.1 Å². The van der Waals surface area contributed by atoms with E-state index in [0.29, 0.717) is 18.0 Å². The topological polar surface area (TPSA) is 68.8 Å². The SMILES string of the molecule is CCCc1nnsc1C(=O)N1Cc2nn(-c3ccccc3C)c(-n3cccc3)c2C1. The van der Waals surface area contributed by atoms with Crippen molar-refractivity contribution >= 4 is 17.4 Å². The van der Waals surface area contributed by atoms with Crippen molar-refractivity contribution in [2.45, 2.75) is 39.8 Å². The van der Waals surface area contributed by atoms with Crippen molar-refractivity contribution in [3.05, 3.63) is 76.2 Å². The Kier molecular flexibility index (Phi) is 4.71. The molecule has 3 aromatic heterocycles.